The Kier molecular flexibility index (Phi) is 8.34. The van der Waals surface area contributed by atoms with Crippen LogP contribution in [0.5, 0.6) is 5.88 Å². The van der Waals surface area contributed by atoms with Gasteiger partial charge in [-0.25, -0.2) is 9.98 Å². The van der Waals surface area contributed by atoms with E-state index in [0.717, 1.165) is 24.7 Å². The van der Waals surface area contributed by atoms with Crippen molar-refractivity contribution in [3.63, 3.8) is 0 Å². The Morgan fingerprint density at radius 1 is 1.11 bits per heavy atom. The third kappa shape index (κ3) is 5.57. The summed E-state index contributed by atoms with van der Waals surface area (Å²) >= 11 is 0. The molecule has 1 saturated carbocycles. The quantitative estimate of drug-likeness (QED) is 0.359. The number of aliphatic imine (C=N–C) groups is 1. The van der Waals surface area contributed by atoms with E-state index in [1.807, 2.05) is 18.2 Å². The minimum atomic E-state index is 0. The lowest BCUT2D eigenvalue weighted by molar-refractivity contribution is 0.244. The van der Waals surface area contributed by atoms with Crippen LogP contribution in [0.3, 0.4) is 0 Å². The number of nitrogens with zero attached hydrogens (tertiary/aromatic N) is 2. The third-order valence-electron chi connectivity index (χ3n) is 5.02. The molecular weight excluding hydrogens is 451 g/mol. The maximum Gasteiger partial charge on any atom is 0.213 e. The van der Waals surface area contributed by atoms with E-state index in [1.165, 1.54) is 24.8 Å². The van der Waals surface area contributed by atoms with Gasteiger partial charge in [-0.15, -0.1) is 24.0 Å². The van der Waals surface area contributed by atoms with Crippen molar-refractivity contribution in [1.29, 1.82) is 0 Å². The van der Waals surface area contributed by atoms with Crippen LogP contribution in [0.1, 0.15) is 37.4 Å². The maximum absolute atomic E-state index is 5.18. The molecule has 1 aromatic carbocycles. The molecular formula is C21H29IN4O. The van der Waals surface area contributed by atoms with Crippen molar-refractivity contribution in [2.24, 2.45) is 4.99 Å². The molecule has 2 N–H and O–H groups in total. The lowest BCUT2D eigenvalue weighted by Gasteiger charge is -2.43. The van der Waals surface area contributed by atoms with Crippen LogP contribution >= 0.6 is 24.0 Å². The van der Waals surface area contributed by atoms with Crippen LogP contribution in [-0.2, 0) is 12.0 Å². The molecule has 1 fully saturated rings. The van der Waals surface area contributed by atoms with Gasteiger partial charge in [-0.3, -0.25) is 0 Å². The number of halogens is 1. The second kappa shape index (κ2) is 10.5. The van der Waals surface area contributed by atoms with Crippen LogP contribution in [0.2, 0.25) is 0 Å². The monoisotopic (exact) mass is 480 g/mol. The smallest absolute Gasteiger partial charge is 0.213 e. The van der Waals surface area contributed by atoms with Crippen LogP contribution in [-0.4, -0.2) is 31.1 Å². The highest BCUT2D eigenvalue weighted by Crippen LogP contribution is 2.43. The molecule has 0 aliphatic heterocycles. The molecule has 0 unspecified atom stereocenters. The van der Waals surface area contributed by atoms with Gasteiger partial charge in [0.05, 0.1) is 19.3 Å². The van der Waals surface area contributed by atoms with E-state index in [4.69, 9.17) is 9.73 Å². The predicted octanol–water partition coefficient (Wildman–Crippen LogP) is 3.89. The van der Waals surface area contributed by atoms with Gasteiger partial charge in [0.2, 0.25) is 5.88 Å². The van der Waals surface area contributed by atoms with E-state index >= 15 is 0 Å². The topological polar surface area (TPSA) is 58.5 Å². The van der Waals surface area contributed by atoms with Gasteiger partial charge in [0.1, 0.15) is 0 Å². The van der Waals surface area contributed by atoms with Crippen molar-refractivity contribution in [1.82, 2.24) is 15.6 Å². The van der Waals surface area contributed by atoms with Crippen LogP contribution in [0.4, 0.5) is 0 Å². The SMILES string of the molecule is CCNC(=NCc1cccc(OC)n1)NCC1(c2ccccc2)CCC1.I. The van der Waals surface area contributed by atoms with Crippen LogP contribution in [0.15, 0.2) is 53.5 Å². The van der Waals surface area contributed by atoms with Crippen LogP contribution in [0.25, 0.3) is 0 Å². The Morgan fingerprint density at radius 3 is 2.52 bits per heavy atom. The summed E-state index contributed by atoms with van der Waals surface area (Å²) in [5.41, 5.74) is 2.54. The zero-order valence-electron chi connectivity index (χ0n) is 16.1. The number of methoxy groups -OCH3 is 1. The fourth-order valence-electron chi connectivity index (χ4n) is 3.38. The van der Waals surface area contributed by atoms with Crippen LogP contribution < -0.4 is 15.4 Å². The minimum Gasteiger partial charge on any atom is -0.481 e. The Labute approximate surface area is 179 Å². The molecule has 1 heterocycles. The molecule has 1 aliphatic carbocycles. The molecule has 0 atom stereocenters. The summed E-state index contributed by atoms with van der Waals surface area (Å²) in [6.07, 6.45) is 3.74. The lowest BCUT2D eigenvalue weighted by Crippen LogP contribution is -2.48. The van der Waals surface area contributed by atoms with Crippen molar-refractivity contribution in [2.75, 3.05) is 20.2 Å². The summed E-state index contributed by atoms with van der Waals surface area (Å²) in [5.74, 6) is 1.45. The van der Waals surface area contributed by atoms with Gasteiger partial charge in [-0.1, -0.05) is 42.8 Å². The van der Waals surface area contributed by atoms with E-state index < -0.39 is 0 Å². The van der Waals surface area contributed by atoms with Gasteiger partial charge in [-0.05, 0) is 31.4 Å². The number of hydrogen-bond acceptors (Lipinski definition) is 3. The summed E-state index contributed by atoms with van der Waals surface area (Å²) in [5, 5.41) is 6.87. The first-order valence-electron chi connectivity index (χ1n) is 9.33. The summed E-state index contributed by atoms with van der Waals surface area (Å²) < 4.78 is 5.18. The van der Waals surface area contributed by atoms with Gasteiger partial charge in [-0.2, -0.15) is 0 Å². The number of ether oxygens (including phenoxy) is 1. The van der Waals surface area contributed by atoms with Gasteiger partial charge in [0.25, 0.3) is 0 Å². The highest BCUT2D eigenvalue weighted by Gasteiger charge is 2.38. The molecule has 1 aliphatic rings. The number of rotatable bonds is 7. The Balaban J connectivity index is 0.00000261. The predicted molar refractivity (Wildman–Crippen MR) is 121 cm³/mol. The van der Waals surface area contributed by atoms with E-state index in [0.29, 0.717) is 12.4 Å². The minimum absolute atomic E-state index is 0. The van der Waals surface area contributed by atoms with E-state index in [9.17, 15) is 0 Å². The lowest BCUT2D eigenvalue weighted by atomic mass is 9.64. The molecule has 0 saturated heterocycles. The fraction of sp³-hybridized carbons (Fsp3) is 0.429. The van der Waals surface area contributed by atoms with Gasteiger partial charge < -0.3 is 15.4 Å². The van der Waals surface area contributed by atoms with Crippen molar-refractivity contribution in [3.05, 3.63) is 59.8 Å². The van der Waals surface area contributed by atoms with Gasteiger partial charge in [0.15, 0.2) is 5.96 Å². The second-order valence-electron chi connectivity index (χ2n) is 6.72. The van der Waals surface area contributed by atoms with Crippen LogP contribution in [0, 0.1) is 0 Å². The summed E-state index contributed by atoms with van der Waals surface area (Å²) in [4.78, 5) is 9.11. The summed E-state index contributed by atoms with van der Waals surface area (Å²) in [6.45, 7) is 4.33. The van der Waals surface area contributed by atoms with Crippen molar-refractivity contribution in [3.8, 4) is 5.88 Å². The first-order valence-corrected chi connectivity index (χ1v) is 9.33. The van der Waals surface area contributed by atoms with E-state index in [1.54, 1.807) is 7.11 Å². The van der Waals surface area contributed by atoms with Crippen molar-refractivity contribution < 1.29 is 4.74 Å². The summed E-state index contributed by atoms with van der Waals surface area (Å²) in [6, 6.07) is 16.6. The Bertz CT molecular complexity index is 732. The molecule has 6 heteroatoms. The first kappa shape index (κ1) is 21.5. The molecule has 0 bridgehead atoms. The molecule has 0 spiro atoms. The Hall–Kier alpha value is -1.83. The average Bonchev–Trinajstić information content (AvgIpc) is 2.66. The van der Waals surface area contributed by atoms with Crippen molar-refractivity contribution in [2.45, 2.75) is 38.1 Å². The Morgan fingerprint density at radius 2 is 1.89 bits per heavy atom. The molecule has 3 rings (SSSR count). The van der Waals surface area contributed by atoms with E-state index in [2.05, 4.69) is 52.9 Å². The molecule has 1 aromatic heterocycles. The number of hydrogen-bond donors (Lipinski definition) is 2. The molecule has 0 amide bonds. The molecule has 27 heavy (non-hydrogen) atoms. The van der Waals surface area contributed by atoms with Gasteiger partial charge >= 0.3 is 0 Å². The standard InChI is InChI=1S/C21H28N4O.HI/c1-3-22-20(23-15-18-11-7-12-19(25-18)26-2)24-16-21(13-8-14-21)17-9-5-4-6-10-17;/h4-7,9-12H,3,8,13-16H2,1-2H3,(H2,22,23,24);1H. The number of nitrogens with one attached hydrogen (secondary N) is 2. The molecule has 5 nitrogen and oxygen atoms in total. The molecule has 2 aromatic rings. The highest BCUT2D eigenvalue weighted by atomic mass is 127. The number of benzene rings is 1. The zero-order valence-corrected chi connectivity index (χ0v) is 18.4. The largest absolute Gasteiger partial charge is 0.481 e. The molecule has 146 valence electrons. The fourth-order valence-corrected chi connectivity index (χ4v) is 3.38. The zero-order chi connectivity index (χ0) is 18.2. The first-order chi connectivity index (χ1) is 12.8. The third-order valence-corrected chi connectivity index (χ3v) is 5.02. The second-order valence-corrected chi connectivity index (χ2v) is 6.72. The number of pyridine rings is 1. The highest BCUT2D eigenvalue weighted by molar-refractivity contribution is 14.0. The van der Waals surface area contributed by atoms with Crippen molar-refractivity contribution >= 4 is 29.9 Å². The molecule has 0 radical (unpaired) electrons. The summed E-state index contributed by atoms with van der Waals surface area (Å²) in [7, 11) is 1.63. The number of aromatic nitrogens is 1. The maximum atomic E-state index is 5.18. The number of guanidine groups is 1. The average molecular weight is 480 g/mol. The van der Waals surface area contributed by atoms with E-state index in [-0.39, 0.29) is 29.4 Å². The van der Waals surface area contributed by atoms with Gasteiger partial charge in [0, 0.05) is 24.6 Å². The normalized spacial score (nSPS) is 15.3.